The fraction of sp³-hybridized carbons (Fsp3) is 0.455. The Kier molecular flexibility index (Phi) is 4.42. The number of halogens is 2. The van der Waals surface area contributed by atoms with Crippen LogP contribution >= 0.6 is 27.5 Å². The summed E-state index contributed by atoms with van der Waals surface area (Å²) in [4.78, 5) is 0. The Morgan fingerprint density at radius 3 is 2.64 bits per heavy atom. The van der Waals surface area contributed by atoms with Gasteiger partial charge in [0, 0.05) is 10.5 Å². The number of rotatable bonds is 3. The molecule has 0 saturated heterocycles. The van der Waals surface area contributed by atoms with E-state index in [1.54, 1.807) is 0 Å². The van der Waals surface area contributed by atoms with Crippen molar-refractivity contribution in [2.45, 2.75) is 26.3 Å². The minimum absolute atomic E-state index is 0.0913. The molecule has 0 spiro atoms. The molecule has 0 aliphatic rings. The van der Waals surface area contributed by atoms with Crippen LogP contribution in [0.5, 0.6) is 0 Å². The monoisotopic (exact) mass is 275 g/mol. The fourth-order valence-corrected chi connectivity index (χ4v) is 1.82. The molecular formula is C11H15BrClN. The lowest BCUT2D eigenvalue weighted by Crippen LogP contribution is -2.18. The molecule has 1 aromatic rings. The Bertz CT molecular complexity index is 314. The first-order valence-electron chi connectivity index (χ1n) is 4.76. The van der Waals surface area contributed by atoms with Gasteiger partial charge in [-0.25, -0.2) is 0 Å². The molecule has 2 N–H and O–H groups in total. The van der Waals surface area contributed by atoms with Crippen molar-refractivity contribution in [3.63, 3.8) is 0 Å². The molecule has 0 bridgehead atoms. The number of nitrogens with two attached hydrogens (primary N) is 1. The SMILES string of the molecule is CCC(C)[C@@H](N)c1ccc(Cl)c(Br)c1. The normalized spacial score (nSPS) is 15.2. The van der Waals surface area contributed by atoms with Crippen molar-refractivity contribution < 1.29 is 0 Å². The molecule has 1 unspecified atom stereocenters. The van der Waals surface area contributed by atoms with Gasteiger partial charge < -0.3 is 5.73 Å². The van der Waals surface area contributed by atoms with Gasteiger partial charge in [0.15, 0.2) is 0 Å². The van der Waals surface area contributed by atoms with E-state index >= 15 is 0 Å². The highest BCUT2D eigenvalue weighted by Gasteiger charge is 2.13. The Morgan fingerprint density at radius 2 is 2.14 bits per heavy atom. The Balaban J connectivity index is 2.91. The average Bonchev–Trinajstić information content (AvgIpc) is 2.20. The summed E-state index contributed by atoms with van der Waals surface area (Å²) in [7, 11) is 0. The molecule has 2 atom stereocenters. The van der Waals surface area contributed by atoms with Crippen LogP contribution < -0.4 is 5.73 Å². The summed E-state index contributed by atoms with van der Waals surface area (Å²) in [6, 6.07) is 5.96. The third-order valence-electron chi connectivity index (χ3n) is 2.59. The van der Waals surface area contributed by atoms with E-state index < -0.39 is 0 Å². The molecule has 0 fully saturated rings. The van der Waals surface area contributed by atoms with E-state index in [9.17, 15) is 0 Å². The minimum Gasteiger partial charge on any atom is -0.324 e. The summed E-state index contributed by atoms with van der Waals surface area (Å²) in [5, 5.41) is 0.727. The molecule has 1 nitrogen and oxygen atoms in total. The Morgan fingerprint density at radius 1 is 1.50 bits per heavy atom. The second-order valence-electron chi connectivity index (χ2n) is 3.58. The summed E-state index contributed by atoms with van der Waals surface area (Å²) in [5.74, 6) is 0.489. The first-order chi connectivity index (χ1) is 6.56. The summed E-state index contributed by atoms with van der Waals surface area (Å²) in [6.07, 6.45) is 1.08. The number of benzene rings is 1. The second kappa shape index (κ2) is 5.15. The zero-order valence-corrected chi connectivity index (χ0v) is 10.8. The van der Waals surface area contributed by atoms with Crippen molar-refractivity contribution in [3.05, 3.63) is 33.3 Å². The lowest BCUT2D eigenvalue weighted by Gasteiger charge is -2.19. The van der Waals surface area contributed by atoms with Gasteiger partial charge in [-0.15, -0.1) is 0 Å². The molecule has 0 amide bonds. The van der Waals surface area contributed by atoms with Crippen LogP contribution in [-0.2, 0) is 0 Å². The smallest absolute Gasteiger partial charge is 0.0548 e. The predicted molar refractivity (Wildman–Crippen MR) is 65.5 cm³/mol. The van der Waals surface area contributed by atoms with Crippen molar-refractivity contribution in [1.82, 2.24) is 0 Å². The summed E-state index contributed by atoms with van der Waals surface area (Å²) in [5.41, 5.74) is 7.24. The average molecular weight is 277 g/mol. The molecule has 0 aliphatic heterocycles. The Hall–Kier alpha value is -0.0500. The lowest BCUT2D eigenvalue weighted by atomic mass is 9.93. The summed E-state index contributed by atoms with van der Waals surface area (Å²) < 4.78 is 0.912. The van der Waals surface area contributed by atoms with Crippen LogP contribution in [0.4, 0.5) is 0 Å². The Labute approximate surface area is 98.8 Å². The molecule has 1 aromatic carbocycles. The third kappa shape index (κ3) is 2.72. The maximum atomic E-state index is 6.10. The van der Waals surface area contributed by atoms with E-state index in [0.29, 0.717) is 5.92 Å². The quantitative estimate of drug-likeness (QED) is 0.882. The van der Waals surface area contributed by atoms with Crippen molar-refractivity contribution in [2.24, 2.45) is 11.7 Å². The molecule has 3 heteroatoms. The first kappa shape index (κ1) is 12.0. The van der Waals surface area contributed by atoms with Gasteiger partial charge in [-0.1, -0.05) is 37.9 Å². The van der Waals surface area contributed by atoms with Crippen LogP contribution in [0.2, 0.25) is 5.02 Å². The lowest BCUT2D eigenvalue weighted by molar-refractivity contribution is 0.457. The van der Waals surface area contributed by atoms with Crippen molar-refractivity contribution >= 4 is 27.5 Å². The van der Waals surface area contributed by atoms with E-state index in [4.69, 9.17) is 17.3 Å². The molecule has 1 rings (SSSR count). The first-order valence-corrected chi connectivity index (χ1v) is 5.94. The fourth-order valence-electron chi connectivity index (χ4n) is 1.30. The molecule has 0 aromatic heterocycles. The van der Waals surface area contributed by atoms with Crippen LogP contribution in [-0.4, -0.2) is 0 Å². The van der Waals surface area contributed by atoms with E-state index in [1.165, 1.54) is 0 Å². The van der Waals surface area contributed by atoms with Gasteiger partial charge in [-0.3, -0.25) is 0 Å². The minimum atomic E-state index is 0.0913. The highest BCUT2D eigenvalue weighted by molar-refractivity contribution is 9.10. The van der Waals surface area contributed by atoms with Gasteiger partial charge in [0.05, 0.1) is 5.02 Å². The van der Waals surface area contributed by atoms with E-state index in [0.717, 1.165) is 21.5 Å². The van der Waals surface area contributed by atoms with Crippen LogP contribution in [0.15, 0.2) is 22.7 Å². The van der Waals surface area contributed by atoms with Crippen LogP contribution in [0.3, 0.4) is 0 Å². The zero-order valence-electron chi connectivity index (χ0n) is 8.43. The van der Waals surface area contributed by atoms with Gasteiger partial charge in [0.2, 0.25) is 0 Å². The highest BCUT2D eigenvalue weighted by Crippen LogP contribution is 2.28. The maximum Gasteiger partial charge on any atom is 0.0548 e. The van der Waals surface area contributed by atoms with Crippen LogP contribution in [0.1, 0.15) is 31.9 Å². The third-order valence-corrected chi connectivity index (χ3v) is 3.80. The summed E-state index contributed by atoms with van der Waals surface area (Å²) >= 11 is 9.31. The predicted octanol–water partition coefficient (Wildman–Crippen LogP) is 4.15. The number of hydrogen-bond acceptors (Lipinski definition) is 1. The molecule has 14 heavy (non-hydrogen) atoms. The van der Waals surface area contributed by atoms with Gasteiger partial charge in [0.1, 0.15) is 0 Å². The van der Waals surface area contributed by atoms with Gasteiger partial charge in [-0.05, 0) is 39.5 Å². The van der Waals surface area contributed by atoms with Crippen molar-refractivity contribution in [2.75, 3.05) is 0 Å². The number of hydrogen-bond donors (Lipinski definition) is 1. The molecule has 78 valence electrons. The van der Waals surface area contributed by atoms with E-state index in [2.05, 4.69) is 29.8 Å². The van der Waals surface area contributed by atoms with E-state index in [-0.39, 0.29) is 6.04 Å². The van der Waals surface area contributed by atoms with Crippen molar-refractivity contribution in [1.29, 1.82) is 0 Å². The van der Waals surface area contributed by atoms with E-state index in [1.807, 2.05) is 18.2 Å². The molecule has 0 radical (unpaired) electrons. The molecule has 0 heterocycles. The van der Waals surface area contributed by atoms with Crippen LogP contribution in [0.25, 0.3) is 0 Å². The van der Waals surface area contributed by atoms with Crippen LogP contribution in [0, 0.1) is 5.92 Å². The van der Waals surface area contributed by atoms with Gasteiger partial charge in [-0.2, -0.15) is 0 Å². The van der Waals surface area contributed by atoms with Gasteiger partial charge >= 0.3 is 0 Å². The standard InChI is InChI=1S/C11H15BrClN/c1-3-7(2)11(14)8-4-5-10(13)9(12)6-8/h4-7,11H,3,14H2,1-2H3/t7?,11-/m1/s1. The second-order valence-corrected chi connectivity index (χ2v) is 4.85. The maximum absolute atomic E-state index is 6.10. The highest BCUT2D eigenvalue weighted by atomic mass is 79.9. The van der Waals surface area contributed by atoms with Crippen molar-refractivity contribution in [3.8, 4) is 0 Å². The van der Waals surface area contributed by atoms with Gasteiger partial charge in [0.25, 0.3) is 0 Å². The molecular weight excluding hydrogens is 261 g/mol. The zero-order chi connectivity index (χ0) is 10.7. The molecule has 0 saturated carbocycles. The topological polar surface area (TPSA) is 26.0 Å². The summed E-state index contributed by atoms with van der Waals surface area (Å²) in [6.45, 7) is 4.31. The largest absolute Gasteiger partial charge is 0.324 e. The molecule has 0 aliphatic carbocycles.